The van der Waals surface area contributed by atoms with Gasteiger partial charge in [-0.3, -0.25) is 9.69 Å². The molecule has 0 radical (unpaired) electrons. The average Bonchev–Trinajstić information content (AvgIpc) is 2.59. The Morgan fingerprint density at radius 3 is 2.36 bits per heavy atom. The molecule has 0 spiro atoms. The summed E-state index contributed by atoms with van der Waals surface area (Å²) in [5.41, 5.74) is 2.27. The van der Waals surface area contributed by atoms with Crippen molar-refractivity contribution in [3.63, 3.8) is 0 Å². The molecule has 1 N–H and O–H groups in total. The topological polar surface area (TPSA) is 41.6 Å². The predicted octanol–water partition coefficient (Wildman–Crippen LogP) is 4.06. The van der Waals surface area contributed by atoms with Crippen LogP contribution in [0, 0.1) is 5.92 Å². The number of anilines is 1. The van der Waals surface area contributed by atoms with Gasteiger partial charge >= 0.3 is 0 Å². The highest BCUT2D eigenvalue weighted by Crippen LogP contribution is 2.24. The van der Waals surface area contributed by atoms with E-state index in [4.69, 9.17) is 4.74 Å². The molecule has 4 nitrogen and oxygen atoms in total. The van der Waals surface area contributed by atoms with E-state index in [1.807, 2.05) is 26.0 Å². The van der Waals surface area contributed by atoms with Crippen LogP contribution in [-0.4, -0.2) is 43.2 Å². The van der Waals surface area contributed by atoms with Gasteiger partial charge in [0.2, 0.25) is 5.91 Å². The van der Waals surface area contributed by atoms with Gasteiger partial charge in [-0.2, -0.15) is 0 Å². The Labute approximate surface area is 152 Å². The molecule has 0 aromatic heterocycles. The summed E-state index contributed by atoms with van der Waals surface area (Å²) < 4.78 is 5.53. The molecule has 25 heavy (non-hydrogen) atoms. The molecule has 1 aliphatic heterocycles. The van der Waals surface area contributed by atoms with E-state index >= 15 is 0 Å². The summed E-state index contributed by atoms with van der Waals surface area (Å²) in [4.78, 5) is 14.8. The van der Waals surface area contributed by atoms with Crippen molar-refractivity contribution >= 4 is 11.6 Å². The molecule has 1 heterocycles. The van der Waals surface area contributed by atoms with E-state index < -0.39 is 0 Å². The van der Waals surface area contributed by atoms with E-state index in [0.29, 0.717) is 5.92 Å². The molecular weight excluding hydrogens is 312 g/mol. The van der Waals surface area contributed by atoms with Crippen LogP contribution in [0.15, 0.2) is 24.3 Å². The number of carbonyl (C=O) groups excluding carboxylic acids is 1. The molecule has 0 bridgehead atoms. The zero-order valence-electron chi connectivity index (χ0n) is 16.5. The summed E-state index contributed by atoms with van der Waals surface area (Å²) in [7, 11) is 0. The average molecular weight is 347 g/mol. The molecular formula is C21H34N2O2. The molecule has 1 aliphatic rings. The summed E-state index contributed by atoms with van der Waals surface area (Å²) in [5.74, 6) is 0.711. The van der Waals surface area contributed by atoms with Gasteiger partial charge in [0.25, 0.3) is 0 Å². The number of ether oxygens (including phenoxy) is 1. The van der Waals surface area contributed by atoms with Crippen molar-refractivity contribution in [3.8, 4) is 0 Å². The summed E-state index contributed by atoms with van der Waals surface area (Å²) in [6, 6.07) is 8.09. The quantitative estimate of drug-likeness (QED) is 0.844. The Bertz CT molecular complexity index is 540. The van der Waals surface area contributed by atoms with Crippen molar-refractivity contribution < 1.29 is 9.53 Å². The Morgan fingerprint density at radius 2 is 1.84 bits per heavy atom. The second-order valence-electron chi connectivity index (χ2n) is 8.13. The van der Waals surface area contributed by atoms with Crippen molar-refractivity contribution in [1.29, 1.82) is 0 Å². The Balaban J connectivity index is 1.84. The number of nitrogens with zero attached hydrogens (tertiary/aromatic N) is 1. The number of rotatable bonds is 6. The maximum Gasteiger partial charge on any atom is 0.241 e. The summed E-state index contributed by atoms with van der Waals surface area (Å²) in [5, 5.41) is 3.06. The molecule has 1 atom stereocenters. The van der Waals surface area contributed by atoms with Crippen LogP contribution in [0.1, 0.15) is 53.0 Å². The molecule has 1 amide bonds. The largest absolute Gasteiger partial charge is 0.381 e. The lowest BCUT2D eigenvalue weighted by atomic mass is 9.87. The number of amides is 1. The van der Waals surface area contributed by atoms with Gasteiger partial charge in [0.1, 0.15) is 0 Å². The third kappa shape index (κ3) is 5.82. The molecule has 4 heteroatoms. The van der Waals surface area contributed by atoms with Crippen molar-refractivity contribution in [2.75, 3.05) is 31.6 Å². The van der Waals surface area contributed by atoms with E-state index in [-0.39, 0.29) is 17.4 Å². The van der Waals surface area contributed by atoms with Crippen LogP contribution in [0.2, 0.25) is 0 Å². The lowest BCUT2D eigenvalue weighted by Crippen LogP contribution is -2.46. The second-order valence-corrected chi connectivity index (χ2v) is 8.13. The molecule has 2 rings (SSSR count). The first-order valence-electron chi connectivity index (χ1n) is 9.54. The van der Waals surface area contributed by atoms with Gasteiger partial charge in [-0.15, -0.1) is 0 Å². The van der Waals surface area contributed by atoms with Gasteiger partial charge in [-0.05, 0) is 68.8 Å². The van der Waals surface area contributed by atoms with Crippen molar-refractivity contribution in [2.45, 2.75) is 58.9 Å². The third-order valence-electron chi connectivity index (χ3n) is 5.15. The number of carbonyl (C=O) groups is 1. The number of likely N-dealkylation sites (tertiary alicyclic amines) is 1. The number of piperidine rings is 1. The maximum atomic E-state index is 12.6. The first-order valence-corrected chi connectivity index (χ1v) is 9.54. The zero-order valence-corrected chi connectivity index (χ0v) is 16.5. The van der Waals surface area contributed by atoms with E-state index in [1.54, 1.807) is 0 Å². The van der Waals surface area contributed by atoms with Crippen LogP contribution in [0.3, 0.4) is 0 Å². The lowest BCUT2D eigenvalue weighted by Gasteiger charge is -2.35. The molecule has 1 aromatic carbocycles. The highest BCUT2D eigenvalue weighted by Gasteiger charge is 2.26. The molecule has 1 unspecified atom stereocenters. The monoisotopic (exact) mass is 346 g/mol. The van der Waals surface area contributed by atoms with Crippen LogP contribution in [0.25, 0.3) is 0 Å². The van der Waals surface area contributed by atoms with Gasteiger partial charge in [0.05, 0.1) is 6.04 Å². The minimum absolute atomic E-state index is 0.0757. The van der Waals surface area contributed by atoms with Crippen LogP contribution in [-0.2, 0) is 14.9 Å². The fourth-order valence-electron chi connectivity index (χ4n) is 3.26. The Kier molecular flexibility index (Phi) is 7.03. The SMILES string of the molecule is CCOCC1CCN(C(C)C(=O)Nc2ccc(C(C)(C)C)cc2)CC1. The van der Waals surface area contributed by atoms with Gasteiger partial charge < -0.3 is 10.1 Å². The number of hydrogen-bond acceptors (Lipinski definition) is 3. The summed E-state index contributed by atoms with van der Waals surface area (Å²) in [6.45, 7) is 14.2. The van der Waals surface area contributed by atoms with Crippen LogP contribution < -0.4 is 5.32 Å². The molecule has 1 fully saturated rings. The van der Waals surface area contributed by atoms with E-state index in [1.165, 1.54) is 5.56 Å². The fourth-order valence-corrected chi connectivity index (χ4v) is 3.26. The van der Waals surface area contributed by atoms with Crippen LogP contribution in [0.5, 0.6) is 0 Å². The highest BCUT2D eigenvalue weighted by atomic mass is 16.5. The normalized spacial score (nSPS) is 18.1. The lowest BCUT2D eigenvalue weighted by molar-refractivity contribution is -0.121. The smallest absolute Gasteiger partial charge is 0.241 e. The minimum atomic E-state index is -0.102. The van der Waals surface area contributed by atoms with Crippen molar-refractivity contribution in [3.05, 3.63) is 29.8 Å². The first kappa shape index (κ1) is 19.9. The van der Waals surface area contributed by atoms with Crippen LogP contribution >= 0.6 is 0 Å². The second kappa shape index (κ2) is 8.81. The minimum Gasteiger partial charge on any atom is -0.381 e. The predicted molar refractivity (Wildman–Crippen MR) is 104 cm³/mol. The highest BCUT2D eigenvalue weighted by molar-refractivity contribution is 5.94. The van der Waals surface area contributed by atoms with E-state index in [9.17, 15) is 4.79 Å². The standard InChI is InChI=1S/C21H34N2O2/c1-6-25-15-17-11-13-23(14-12-17)16(2)20(24)22-19-9-7-18(8-10-19)21(3,4)5/h7-10,16-17H,6,11-15H2,1-5H3,(H,22,24). The van der Waals surface area contributed by atoms with Gasteiger partial charge in [-0.1, -0.05) is 32.9 Å². The summed E-state index contributed by atoms with van der Waals surface area (Å²) in [6.07, 6.45) is 2.22. The molecule has 140 valence electrons. The molecule has 0 saturated carbocycles. The Hall–Kier alpha value is -1.39. The van der Waals surface area contributed by atoms with E-state index in [0.717, 1.165) is 44.8 Å². The van der Waals surface area contributed by atoms with Gasteiger partial charge in [0, 0.05) is 18.9 Å². The van der Waals surface area contributed by atoms with Crippen LogP contribution in [0.4, 0.5) is 5.69 Å². The number of nitrogens with one attached hydrogen (secondary N) is 1. The Morgan fingerprint density at radius 1 is 1.24 bits per heavy atom. The number of benzene rings is 1. The third-order valence-corrected chi connectivity index (χ3v) is 5.15. The molecule has 1 aromatic rings. The fraction of sp³-hybridized carbons (Fsp3) is 0.667. The van der Waals surface area contributed by atoms with Gasteiger partial charge in [0.15, 0.2) is 0 Å². The first-order chi connectivity index (χ1) is 11.8. The van der Waals surface area contributed by atoms with Gasteiger partial charge in [-0.25, -0.2) is 0 Å². The summed E-state index contributed by atoms with van der Waals surface area (Å²) >= 11 is 0. The van der Waals surface area contributed by atoms with Crippen molar-refractivity contribution in [2.24, 2.45) is 5.92 Å². The molecule has 0 aliphatic carbocycles. The number of hydrogen-bond donors (Lipinski definition) is 1. The molecule has 1 saturated heterocycles. The zero-order chi connectivity index (χ0) is 18.4. The van der Waals surface area contributed by atoms with Crippen molar-refractivity contribution in [1.82, 2.24) is 4.90 Å². The van der Waals surface area contributed by atoms with E-state index in [2.05, 4.69) is 43.1 Å². The maximum absolute atomic E-state index is 12.6.